The van der Waals surface area contributed by atoms with Crippen LogP contribution in [0.2, 0.25) is 0 Å². The van der Waals surface area contributed by atoms with E-state index in [0.29, 0.717) is 24.3 Å². The van der Waals surface area contributed by atoms with E-state index in [1.54, 1.807) is 72.9 Å². The van der Waals surface area contributed by atoms with E-state index in [-0.39, 0.29) is 54.5 Å². The quantitative estimate of drug-likeness (QED) is 0.0947. The van der Waals surface area contributed by atoms with E-state index in [1.165, 1.54) is 13.0 Å². The SMILES string of the molecule is CCC(=O)c1cc(C(=O)C(C)(C)C(C)(OCCOC2CCC(OCCOC)CC2)C(C)(C)C(=O)c2ccc(C(C)=O)cc2)cc(S(=O)(=O)O)c1. The Bertz CT molecular complexity index is 1630. The number of carbonyl (C=O) groups is 4. The van der Waals surface area contributed by atoms with Gasteiger partial charge < -0.3 is 18.9 Å². The lowest BCUT2D eigenvalue weighted by Gasteiger charge is -2.52. The second-order valence-electron chi connectivity index (χ2n) is 14.1. The van der Waals surface area contributed by atoms with Crippen molar-refractivity contribution in [2.45, 2.75) is 103 Å². The van der Waals surface area contributed by atoms with Crippen molar-refractivity contribution in [1.82, 2.24) is 0 Å². The highest BCUT2D eigenvalue weighted by Crippen LogP contribution is 2.50. The van der Waals surface area contributed by atoms with Gasteiger partial charge >= 0.3 is 0 Å². The summed E-state index contributed by atoms with van der Waals surface area (Å²) in [7, 11) is -3.14. The summed E-state index contributed by atoms with van der Waals surface area (Å²) in [5.74, 6) is -1.52. The minimum absolute atomic E-state index is 0.00565. The van der Waals surface area contributed by atoms with Crippen molar-refractivity contribution in [3.05, 3.63) is 64.7 Å². The molecular formula is C38H52O11S. The molecule has 0 radical (unpaired) electrons. The molecule has 50 heavy (non-hydrogen) atoms. The second kappa shape index (κ2) is 16.9. The van der Waals surface area contributed by atoms with Gasteiger partial charge in [0, 0.05) is 35.8 Å². The number of hydrogen-bond acceptors (Lipinski definition) is 10. The van der Waals surface area contributed by atoms with Crippen LogP contribution in [0, 0.1) is 10.8 Å². The fraction of sp³-hybridized carbons (Fsp3) is 0.579. The Morgan fingerprint density at radius 1 is 0.720 bits per heavy atom. The first-order valence-corrected chi connectivity index (χ1v) is 18.5. The van der Waals surface area contributed by atoms with Crippen LogP contribution in [0.15, 0.2) is 47.4 Å². The Balaban J connectivity index is 1.96. The number of ketones is 4. The van der Waals surface area contributed by atoms with Gasteiger partial charge in [0.05, 0.1) is 60.0 Å². The fourth-order valence-corrected chi connectivity index (χ4v) is 7.07. The van der Waals surface area contributed by atoms with Crippen LogP contribution in [0.4, 0.5) is 0 Å². The molecule has 1 N–H and O–H groups in total. The van der Waals surface area contributed by atoms with Crippen molar-refractivity contribution < 1.29 is 51.1 Å². The molecule has 3 rings (SSSR count). The second-order valence-corrected chi connectivity index (χ2v) is 15.5. The number of benzene rings is 2. The van der Waals surface area contributed by atoms with Crippen LogP contribution in [0.5, 0.6) is 0 Å². The molecule has 276 valence electrons. The van der Waals surface area contributed by atoms with Crippen molar-refractivity contribution in [3.63, 3.8) is 0 Å². The molecule has 1 saturated carbocycles. The predicted octanol–water partition coefficient (Wildman–Crippen LogP) is 6.61. The first-order chi connectivity index (χ1) is 23.3. The lowest BCUT2D eigenvalue weighted by Crippen LogP contribution is -2.61. The molecule has 1 atom stereocenters. The number of Topliss-reactive ketones (excluding diaryl/α,β-unsaturated/α-hetero) is 4. The van der Waals surface area contributed by atoms with Gasteiger partial charge in [0.1, 0.15) is 0 Å². The average molecular weight is 717 g/mol. The maximum atomic E-state index is 14.5. The van der Waals surface area contributed by atoms with E-state index in [0.717, 1.165) is 37.8 Å². The molecule has 2 aromatic rings. The molecule has 0 heterocycles. The molecule has 0 aromatic heterocycles. The van der Waals surface area contributed by atoms with E-state index in [1.807, 2.05) is 0 Å². The van der Waals surface area contributed by atoms with Crippen LogP contribution in [-0.4, -0.2) is 87.4 Å². The van der Waals surface area contributed by atoms with Gasteiger partial charge in [0.2, 0.25) is 0 Å². The molecule has 0 aliphatic heterocycles. The topological polar surface area (TPSA) is 160 Å². The average Bonchev–Trinajstić information content (AvgIpc) is 3.08. The summed E-state index contributed by atoms with van der Waals surface area (Å²) >= 11 is 0. The molecule has 1 fully saturated rings. The Morgan fingerprint density at radius 3 is 1.64 bits per heavy atom. The van der Waals surface area contributed by atoms with Gasteiger partial charge in [-0.25, -0.2) is 0 Å². The van der Waals surface area contributed by atoms with Crippen LogP contribution in [0.3, 0.4) is 0 Å². The summed E-state index contributed by atoms with van der Waals surface area (Å²) in [5.41, 5.74) is -3.88. The third-order valence-electron chi connectivity index (χ3n) is 10.3. The molecule has 0 saturated heterocycles. The highest BCUT2D eigenvalue weighted by atomic mass is 32.2. The van der Waals surface area contributed by atoms with Crippen molar-refractivity contribution in [2.24, 2.45) is 10.8 Å². The molecule has 12 heteroatoms. The lowest BCUT2D eigenvalue weighted by atomic mass is 9.57. The van der Waals surface area contributed by atoms with Crippen molar-refractivity contribution >= 4 is 33.3 Å². The third kappa shape index (κ3) is 9.40. The van der Waals surface area contributed by atoms with Gasteiger partial charge in [-0.1, -0.05) is 31.2 Å². The minimum atomic E-state index is -4.77. The van der Waals surface area contributed by atoms with Gasteiger partial charge in [-0.05, 0) is 85.4 Å². The van der Waals surface area contributed by atoms with Crippen molar-refractivity contribution in [3.8, 4) is 0 Å². The van der Waals surface area contributed by atoms with Gasteiger partial charge in [-0.3, -0.25) is 23.7 Å². The smallest absolute Gasteiger partial charge is 0.294 e. The van der Waals surface area contributed by atoms with Gasteiger partial charge in [0.25, 0.3) is 10.1 Å². The zero-order valence-corrected chi connectivity index (χ0v) is 31.3. The molecule has 0 bridgehead atoms. The van der Waals surface area contributed by atoms with E-state index >= 15 is 0 Å². The number of carbonyl (C=O) groups excluding carboxylic acids is 4. The fourth-order valence-electron chi connectivity index (χ4n) is 6.52. The number of ether oxygens (including phenoxy) is 4. The normalized spacial score (nSPS) is 18.3. The monoisotopic (exact) mass is 716 g/mol. The van der Waals surface area contributed by atoms with Gasteiger partial charge in [-0.15, -0.1) is 0 Å². The predicted molar refractivity (Wildman–Crippen MR) is 188 cm³/mol. The lowest BCUT2D eigenvalue weighted by molar-refractivity contribution is -0.162. The van der Waals surface area contributed by atoms with E-state index < -0.39 is 43.0 Å². The molecular weight excluding hydrogens is 664 g/mol. The Kier molecular flexibility index (Phi) is 14.0. The highest BCUT2D eigenvalue weighted by molar-refractivity contribution is 7.85. The number of hydrogen-bond donors (Lipinski definition) is 1. The summed E-state index contributed by atoms with van der Waals surface area (Å²) in [4.78, 5) is 52.8. The molecule has 0 spiro atoms. The highest BCUT2D eigenvalue weighted by Gasteiger charge is 2.59. The summed E-state index contributed by atoms with van der Waals surface area (Å²) < 4.78 is 57.9. The van der Waals surface area contributed by atoms with Gasteiger partial charge in [-0.2, -0.15) is 8.42 Å². The number of methoxy groups -OCH3 is 1. The van der Waals surface area contributed by atoms with Crippen molar-refractivity contribution in [2.75, 3.05) is 33.5 Å². The largest absolute Gasteiger partial charge is 0.382 e. The molecule has 11 nitrogen and oxygen atoms in total. The Hall–Kier alpha value is -3.13. The summed E-state index contributed by atoms with van der Waals surface area (Å²) in [6, 6.07) is 9.63. The molecule has 1 aliphatic carbocycles. The zero-order chi connectivity index (χ0) is 37.5. The van der Waals surface area contributed by atoms with Crippen LogP contribution < -0.4 is 0 Å². The standard InChI is InChI=1S/C38H52O11S/c1-9-33(40)28-22-29(24-32(23-28)50(43,44)45)35(42)37(5,6)38(7,36(3,4)34(41)27-12-10-26(11-13-27)25(2)39)49-21-20-48-31-16-14-30(15-17-31)47-19-18-46-8/h10-13,22-24,30-31H,9,14-21H2,1-8H3,(H,43,44,45). The molecule has 1 aliphatic rings. The Labute approximate surface area is 296 Å². The molecule has 1 unspecified atom stereocenters. The number of rotatable bonds is 19. The first kappa shape index (κ1) is 41.3. The van der Waals surface area contributed by atoms with Crippen molar-refractivity contribution in [1.29, 1.82) is 0 Å². The van der Waals surface area contributed by atoms with E-state index in [9.17, 15) is 32.1 Å². The van der Waals surface area contributed by atoms with E-state index in [4.69, 9.17) is 18.9 Å². The first-order valence-electron chi connectivity index (χ1n) is 17.0. The summed E-state index contributed by atoms with van der Waals surface area (Å²) in [5, 5.41) is 0. The van der Waals surface area contributed by atoms with Crippen LogP contribution >= 0.6 is 0 Å². The van der Waals surface area contributed by atoms with E-state index in [2.05, 4.69) is 0 Å². The maximum Gasteiger partial charge on any atom is 0.294 e. The Morgan fingerprint density at radius 2 is 1.18 bits per heavy atom. The van der Waals surface area contributed by atoms with Crippen LogP contribution in [0.25, 0.3) is 0 Å². The zero-order valence-electron chi connectivity index (χ0n) is 30.5. The molecule has 2 aromatic carbocycles. The van der Waals surface area contributed by atoms with Gasteiger partial charge in [0.15, 0.2) is 23.1 Å². The summed E-state index contributed by atoms with van der Waals surface area (Å²) in [6.45, 7) is 12.6. The van der Waals surface area contributed by atoms with Crippen LogP contribution in [0.1, 0.15) is 122 Å². The maximum absolute atomic E-state index is 14.5. The summed E-state index contributed by atoms with van der Waals surface area (Å²) in [6.07, 6.45) is 3.50. The van der Waals surface area contributed by atoms with Crippen LogP contribution in [-0.2, 0) is 29.1 Å². The molecule has 0 amide bonds. The third-order valence-corrected chi connectivity index (χ3v) is 11.1. The minimum Gasteiger partial charge on any atom is -0.382 e.